The number of pyridine rings is 1. The van der Waals surface area contributed by atoms with E-state index in [0.29, 0.717) is 5.69 Å². The molecule has 0 saturated carbocycles. The molecule has 0 spiro atoms. The van der Waals surface area contributed by atoms with E-state index in [1.165, 1.54) is 12.1 Å². The summed E-state index contributed by atoms with van der Waals surface area (Å²) in [6, 6.07) is 21.8. The lowest BCUT2D eigenvalue weighted by Gasteiger charge is -2.35. The standard InChI is InChI=1S/C27H26F2N4/c1-20-22(19-31-13-15-32(16-14-31)27-9-5-6-12-30-27)17-26(21-7-3-2-4-8-21)33(20)25-11-10-23(28)18-24(25)29/h2-12,17-18H,13-16,19H2,1H3. The third-order valence-corrected chi connectivity index (χ3v) is 6.31. The third-order valence-electron chi connectivity index (χ3n) is 6.31. The van der Waals surface area contributed by atoms with Crippen LogP contribution in [-0.2, 0) is 6.54 Å². The molecule has 4 nitrogen and oxygen atoms in total. The molecule has 0 amide bonds. The maximum atomic E-state index is 14.8. The van der Waals surface area contributed by atoms with E-state index in [0.717, 1.165) is 67.1 Å². The highest BCUT2D eigenvalue weighted by Gasteiger charge is 2.22. The molecule has 2 aromatic carbocycles. The Hall–Kier alpha value is -3.51. The molecule has 1 saturated heterocycles. The number of aromatic nitrogens is 2. The maximum Gasteiger partial charge on any atom is 0.150 e. The van der Waals surface area contributed by atoms with Crippen LogP contribution in [0.15, 0.2) is 79.0 Å². The highest BCUT2D eigenvalue weighted by atomic mass is 19.1. The fourth-order valence-corrected chi connectivity index (χ4v) is 4.53. The maximum absolute atomic E-state index is 14.8. The normalized spacial score (nSPS) is 14.6. The van der Waals surface area contributed by atoms with Crippen molar-refractivity contribution < 1.29 is 8.78 Å². The number of piperazine rings is 1. The third kappa shape index (κ3) is 4.39. The molecule has 4 aromatic rings. The second-order valence-corrected chi connectivity index (χ2v) is 8.39. The number of hydrogen-bond acceptors (Lipinski definition) is 3. The highest BCUT2D eigenvalue weighted by molar-refractivity contribution is 5.66. The summed E-state index contributed by atoms with van der Waals surface area (Å²) in [5.41, 5.74) is 4.37. The van der Waals surface area contributed by atoms with E-state index < -0.39 is 11.6 Å². The minimum atomic E-state index is -0.576. The summed E-state index contributed by atoms with van der Waals surface area (Å²) in [6.45, 7) is 6.45. The van der Waals surface area contributed by atoms with Crippen LogP contribution < -0.4 is 4.90 Å². The summed E-state index contributed by atoms with van der Waals surface area (Å²) in [7, 11) is 0. The summed E-state index contributed by atoms with van der Waals surface area (Å²) < 4.78 is 30.3. The van der Waals surface area contributed by atoms with E-state index in [1.54, 1.807) is 0 Å². The Labute approximate surface area is 192 Å². The van der Waals surface area contributed by atoms with E-state index in [9.17, 15) is 8.78 Å². The average molecular weight is 445 g/mol. The Kier molecular flexibility index (Phi) is 5.92. The van der Waals surface area contributed by atoms with Crippen molar-refractivity contribution in [1.29, 1.82) is 0 Å². The molecule has 0 atom stereocenters. The van der Waals surface area contributed by atoms with Gasteiger partial charge in [-0.2, -0.15) is 0 Å². The van der Waals surface area contributed by atoms with Gasteiger partial charge in [-0.1, -0.05) is 36.4 Å². The molecule has 0 N–H and O–H groups in total. The van der Waals surface area contributed by atoms with Gasteiger partial charge >= 0.3 is 0 Å². The van der Waals surface area contributed by atoms with E-state index >= 15 is 0 Å². The second kappa shape index (κ2) is 9.16. The highest BCUT2D eigenvalue weighted by Crippen LogP contribution is 2.31. The Morgan fingerprint density at radius 2 is 1.61 bits per heavy atom. The van der Waals surface area contributed by atoms with Crippen LogP contribution >= 0.6 is 0 Å². The van der Waals surface area contributed by atoms with Crippen LogP contribution in [0.25, 0.3) is 16.9 Å². The molecule has 6 heteroatoms. The van der Waals surface area contributed by atoms with Gasteiger partial charge in [0.25, 0.3) is 0 Å². The van der Waals surface area contributed by atoms with Crippen molar-refractivity contribution in [2.45, 2.75) is 13.5 Å². The summed E-state index contributed by atoms with van der Waals surface area (Å²) in [5, 5.41) is 0. The van der Waals surface area contributed by atoms with Crippen LogP contribution in [0.3, 0.4) is 0 Å². The largest absolute Gasteiger partial charge is 0.354 e. The number of hydrogen-bond donors (Lipinski definition) is 0. The summed E-state index contributed by atoms with van der Waals surface area (Å²) in [5.74, 6) is -0.132. The molecular weight excluding hydrogens is 418 g/mol. The molecule has 5 rings (SSSR count). The summed E-state index contributed by atoms with van der Waals surface area (Å²) in [6.07, 6.45) is 1.83. The topological polar surface area (TPSA) is 24.3 Å². The van der Waals surface area contributed by atoms with Crippen molar-refractivity contribution in [3.8, 4) is 16.9 Å². The minimum Gasteiger partial charge on any atom is -0.354 e. The molecule has 0 radical (unpaired) electrons. The number of benzene rings is 2. The molecule has 3 heterocycles. The molecule has 33 heavy (non-hydrogen) atoms. The van der Waals surface area contributed by atoms with E-state index in [2.05, 4.69) is 20.9 Å². The quantitative estimate of drug-likeness (QED) is 0.409. The zero-order valence-corrected chi connectivity index (χ0v) is 18.6. The molecule has 1 fully saturated rings. The zero-order valence-electron chi connectivity index (χ0n) is 18.6. The van der Waals surface area contributed by atoms with Gasteiger partial charge in [0.1, 0.15) is 17.5 Å². The zero-order chi connectivity index (χ0) is 22.8. The molecule has 0 aliphatic carbocycles. The van der Waals surface area contributed by atoms with Crippen molar-refractivity contribution in [2.75, 3.05) is 31.1 Å². The summed E-state index contributed by atoms with van der Waals surface area (Å²) >= 11 is 0. The molecular formula is C27H26F2N4. The average Bonchev–Trinajstić information content (AvgIpc) is 3.16. The minimum absolute atomic E-state index is 0.360. The van der Waals surface area contributed by atoms with Crippen molar-refractivity contribution in [2.24, 2.45) is 0 Å². The number of nitrogens with zero attached hydrogens (tertiary/aromatic N) is 4. The molecule has 1 aliphatic rings. The van der Waals surface area contributed by atoms with Crippen molar-refractivity contribution in [3.63, 3.8) is 0 Å². The second-order valence-electron chi connectivity index (χ2n) is 8.39. The first-order valence-electron chi connectivity index (χ1n) is 11.2. The van der Waals surface area contributed by atoms with Crippen molar-refractivity contribution >= 4 is 5.82 Å². The first kappa shape index (κ1) is 21.3. The lowest BCUT2D eigenvalue weighted by molar-refractivity contribution is 0.249. The molecule has 2 aromatic heterocycles. The van der Waals surface area contributed by atoms with Crippen LogP contribution in [-0.4, -0.2) is 40.6 Å². The molecule has 168 valence electrons. The van der Waals surface area contributed by atoms with Crippen LogP contribution in [0.4, 0.5) is 14.6 Å². The SMILES string of the molecule is Cc1c(CN2CCN(c3ccccn3)CC2)cc(-c2ccccc2)n1-c1ccc(F)cc1F. The van der Waals surface area contributed by atoms with E-state index in [4.69, 9.17) is 0 Å². The lowest BCUT2D eigenvalue weighted by Crippen LogP contribution is -2.46. The predicted molar refractivity (Wildman–Crippen MR) is 128 cm³/mol. The molecule has 0 unspecified atom stereocenters. The van der Waals surface area contributed by atoms with E-state index in [1.807, 2.05) is 66.2 Å². The Morgan fingerprint density at radius 3 is 2.30 bits per heavy atom. The Morgan fingerprint density at radius 1 is 0.848 bits per heavy atom. The van der Waals surface area contributed by atoms with Gasteiger partial charge in [0.2, 0.25) is 0 Å². The van der Waals surface area contributed by atoms with Crippen LogP contribution in [0.5, 0.6) is 0 Å². The van der Waals surface area contributed by atoms with Gasteiger partial charge in [-0.05, 0) is 48.4 Å². The summed E-state index contributed by atoms with van der Waals surface area (Å²) in [4.78, 5) is 9.19. The van der Waals surface area contributed by atoms with Crippen LogP contribution in [0.2, 0.25) is 0 Å². The predicted octanol–water partition coefficient (Wildman–Crippen LogP) is 5.45. The number of halogens is 2. The van der Waals surface area contributed by atoms with Gasteiger partial charge in [0, 0.05) is 50.7 Å². The van der Waals surface area contributed by atoms with Crippen molar-refractivity contribution in [1.82, 2.24) is 14.5 Å². The van der Waals surface area contributed by atoms with Gasteiger partial charge in [-0.25, -0.2) is 13.8 Å². The van der Waals surface area contributed by atoms with Gasteiger partial charge in [0.05, 0.1) is 11.4 Å². The van der Waals surface area contributed by atoms with Crippen LogP contribution in [0.1, 0.15) is 11.3 Å². The number of rotatable bonds is 5. The van der Waals surface area contributed by atoms with Gasteiger partial charge in [0.15, 0.2) is 0 Å². The van der Waals surface area contributed by atoms with E-state index in [-0.39, 0.29) is 0 Å². The first-order valence-corrected chi connectivity index (χ1v) is 11.2. The Balaban J connectivity index is 1.43. The molecule has 0 bridgehead atoms. The fraction of sp³-hybridized carbons (Fsp3) is 0.222. The monoisotopic (exact) mass is 444 g/mol. The van der Waals surface area contributed by atoms with Crippen molar-refractivity contribution in [3.05, 3.63) is 102 Å². The number of anilines is 1. The van der Waals surface area contributed by atoms with Gasteiger partial charge in [-0.15, -0.1) is 0 Å². The van der Waals surface area contributed by atoms with Gasteiger partial charge < -0.3 is 9.47 Å². The van der Waals surface area contributed by atoms with Gasteiger partial charge in [-0.3, -0.25) is 4.90 Å². The fourth-order valence-electron chi connectivity index (χ4n) is 4.53. The first-order chi connectivity index (χ1) is 16.1. The molecule has 1 aliphatic heterocycles. The Bertz CT molecular complexity index is 1230. The smallest absolute Gasteiger partial charge is 0.150 e. The van der Waals surface area contributed by atoms with Crippen LogP contribution in [0, 0.1) is 18.6 Å². The lowest BCUT2D eigenvalue weighted by atomic mass is 10.1.